The summed E-state index contributed by atoms with van der Waals surface area (Å²) in [6.07, 6.45) is 3.22. The summed E-state index contributed by atoms with van der Waals surface area (Å²) in [5.74, 6) is 0.641. The van der Waals surface area contributed by atoms with Crippen molar-refractivity contribution in [2.75, 3.05) is 6.61 Å². The van der Waals surface area contributed by atoms with Gasteiger partial charge in [0, 0.05) is 12.0 Å². The van der Waals surface area contributed by atoms with Gasteiger partial charge in [-0.2, -0.15) is 0 Å². The first-order chi connectivity index (χ1) is 10.6. The van der Waals surface area contributed by atoms with Gasteiger partial charge < -0.3 is 9.84 Å². The average molecular weight is 320 g/mol. The average Bonchev–Trinajstić information content (AvgIpc) is 2.98. The van der Waals surface area contributed by atoms with Crippen LogP contribution in [0.15, 0.2) is 6.07 Å². The molecule has 22 heavy (non-hydrogen) atoms. The monoisotopic (exact) mass is 320 g/mol. The molecule has 0 aliphatic heterocycles. The number of rotatable bonds is 7. The number of carbonyl (C=O) groups excluding carboxylic acids is 1. The lowest BCUT2D eigenvalue weighted by Crippen LogP contribution is -2.03. The first kappa shape index (κ1) is 16.4. The highest BCUT2D eigenvalue weighted by Crippen LogP contribution is 2.33. The molecule has 0 saturated heterocycles. The Morgan fingerprint density at radius 1 is 1.32 bits per heavy atom. The minimum Gasteiger partial charge on any atom is -0.507 e. The maximum Gasteiger partial charge on any atom is 0.153 e. The predicted octanol–water partition coefficient (Wildman–Crippen LogP) is 3.25. The molecule has 1 aromatic carbocycles. The Kier molecular flexibility index (Phi) is 5.49. The standard InChI is InChI=1S/C16H20N2O3S/c1-4-13-17-18-14(22-13)6-5-7-21-16-10(2)8-12(9-19)15(20)11(16)3/h8-9,20H,4-7H2,1-3H3. The molecule has 2 rings (SSSR count). The molecule has 0 atom stereocenters. The Bertz CT molecular complexity index is 668. The van der Waals surface area contributed by atoms with Gasteiger partial charge in [-0.05, 0) is 38.3 Å². The van der Waals surface area contributed by atoms with Crippen LogP contribution in [0.2, 0.25) is 0 Å². The van der Waals surface area contributed by atoms with E-state index in [0.717, 1.165) is 34.8 Å². The van der Waals surface area contributed by atoms with E-state index in [-0.39, 0.29) is 5.75 Å². The van der Waals surface area contributed by atoms with Gasteiger partial charge in [0.1, 0.15) is 21.5 Å². The second-order valence-corrected chi connectivity index (χ2v) is 6.25. The van der Waals surface area contributed by atoms with E-state index in [4.69, 9.17) is 4.74 Å². The van der Waals surface area contributed by atoms with Crippen molar-refractivity contribution in [2.45, 2.75) is 40.0 Å². The lowest BCUT2D eigenvalue weighted by Gasteiger charge is -2.14. The normalized spacial score (nSPS) is 10.7. The first-order valence-electron chi connectivity index (χ1n) is 7.29. The van der Waals surface area contributed by atoms with Crippen LogP contribution >= 0.6 is 11.3 Å². The van der Waals surface area contributed by atoms with Gasteiger partial charge in [-0.15, -0.1) is 21.5 Å². The van der Waals surface area contributed by atoms with Crippen LogP contribution in [0.25, 0.3) is 0 Å². The highest BCUT2D eigenvalue weighted by Gasteiger charge is 2.13. The molecule has 1 aromatic heterocycles. The summed E-state index contributed by atoms with van der Waals surface area (Å²) in [6, 6.07) is 1.64. The van der Waals surface area contributed by atoms with Gasteiger partial charge in [0.05, 0.1) is 12.2 Å². The van der Waals surface area contributed by atoms with E-state index in [1.165, 1.54) is 0 Å². The van der Waals surface area contributed by atoms with E-state index >= 15 is 0 Å². The van der Waals surface area contributed by atoms with Gasteiger partial charge in [0.25, 0.3) is 0 Å². The molecule has 0 radical (unpaired) electrons. The number of ether oxygens (including phenoxy) is 1. The lowest BCUT2D eigenvalue weighted by molar-refractivity contribution is 0.112. The first-order valence-corrected chi connectivity index (χ1v) is 8.10. The number of aromatic nitrogens is 2. The number of phenols is 1. The van der Waals surface area contributed by atoms with Crippen molar-refractivity contribution in [3.63, 3.8) is 0 Å². The molecule has 118 valence electrons. The fourth-order valence-electron chi connectivity index (χ4n) is 2.23. The molecule has 0 bridgehead atoms. The van der Waals surface area contributed by atoms with Gasteiger partial charge in [0.2, 0.25) is 0 Å². The molecule has 0 fully saturated rings. The largest absolute Gasteiger partial charge is 0.507 e. The van der Waals surface area contributed by atoms with E-state index in [1.54, 1.807) is 24.3 Å². The van der Waals surface area contributed by atoms with Gasteiger partial charge in [-0.3, -0.25) is 4.79 Å². The Morgan fingerprint density at radius 2 is 2.05 bits per heavy atom. The third-order valence-electron chi connectivity index (χ3n) is 3.42. The fourth-order valence-corrected chi connectivity index (χ4v) is 3.05. The minimum atomic E-state index is -0.00712. The second-order valence-electron chi connectivity index (χ2n) is 5.10. The molecule has 0 unspecified atom stereocenters. The maximum atomic E-state index is 10.9. The van der Waals surface area contributed by atoms with Gasteiger partial charge in [-0.1, -0.05) is 6.92 Å². The Morgan fingerprint density at radius 3 is 2.68 bits per heavy atom. The predicted molar refractivity (Wildman–Crippen MR) is 86.1 cm³/mol. The van der Waals surface area contributed by atoms with Crippen molar-refractivity contribution in [1.29, 1.82) is 0 Å². The zero-order valence-corrected chi connectivity index (χ0v) is 13.9. The fraction of sp³-hybridized carbons (Fsp3) is 0.438. The molecular formula is C16H20N2O3S. The number of carbonyl (C=O) groups is 1. The zero-order chi connectivity index (χ0) is 16.1. The van der Waals surface area contributed by atoms with Crippen molar-refractivity contribution in [2.24, 2.45) is 0 Å². The van der Waals surface area contributed by atoms with E-state index in [9.17, 15) is 9.90 Å². The van der Waals surface area contributed by atoms with Crippen LogP contribution in [0.5, 0.6) is 11.5 Å². The Hall–Kier alpha value is -1.95. The van der Waals surface area contributed by atoms with Crippen molar-refractivity contribution in [1.82, 2.24) is 10.2 Å². The molecule has 2 aromatic rings. The molecule has 6 heteroatoms. The highest BCUT2D eigenvalue weighted by atomic mass is 32.1. The summed E-state index contributed by atoms with van der Waals surface area (Å²) >= 11 is 1.64. The van der Waals surface area contributed by atoms with Crippen LogP contribution in [0.1, 0.15) is 44.8 Å². The van der Waals surface area contributed by atoms with Crippen LogP contribution < -0.4 is 4.74 Å². The smallest absolute Gasteiger partial charge is 0.153 e. The Balaban J connectivity index is 1.94. The molecule has 1 heterocycles. The summed E-state index contributed by atoms with van der Waals surface area (Å²) < 4.78 is 5.78. The number of phenolic OH excluding ortho intramolecular Hbond substituents is 1. The summed E-state index contributed by atoms with van der Waals surface area (Å²) in [5, 5.41) is 20.2. The van der Waals surface area contributed by atoms with Crippen molar-refractivity contribution in [3.05, 3.63) is 32.8 Å². The van der Waals surface area contributed by atoms with E-state index in [0.29, 0.717) is 29.8 Å². The molecule has 0 saturated carbocycles. The summed E-state index contributed by atoms with van der Waals surface area (Å²) in [5.41, 5.74) is 1.75. The third kappa shape index (κ3) is 3.62. The zero-order valence-electron chi connectivity index (χ0n) is 13.0. The van der Waals surface area contributed by atoms with Gasteiger partial charge in [-0.25, -0.2) is 0 Å². The number of benzene rings is 1. The summed E-state index contributed by atoms with van der Waals surface area (Å²) in [7, 11) is 0. The number of nitrogens with zero attached hydrogens (tertiary/aromatic N) is 2. The van der Waals surface area contributed by atoms with Crippen LogP contribution in [-0.4, -0.2) is 28.2 Å². The lowest BCUT2D eigenvalue weighted by atomic mass is 10.0. The number of aryl methyl sites for hydroxylation is 3. The third-order valence-corrected chi connectivity index (χ3v) is 4.55. The van der Waals surface area contributed by atoms with Crippen molar-refractivity contribution in [3.8, 4) is 11.5 Å². The van der Waals surface area contributed by atoms with Crippen LogP contribution in [-0.2, 0) is 12.8 Å². The molecule has 5 nitrogen and oxygen atoms in total. The number of aromatic hydroxyl groups is 1. The van der Waals surface area contributed by atoms with Crippen molar-refractivity contribution >= 4 is 17.6 Å². The Labute approximate surface area is 134 Å². The molecular weight excluding hydrogens is 300 g/mol. The second kappa shape index (κ2) is 7.35. The van der Waals surface area contributed by atoms with Crippen LogP contribution in [0.4, 0.5) is 0 Å². The highest BCUT2D eigenvalue weighted by molar-refractivity contribution is 7.11. The molecule has 1 N–H and O–H groups in total. The SMILES string of the molecule is CCc1nnc(CCCOc2c(C)cc(C=O)c(O)c2C)s1. The minimum absolute atomic E-state index is 0.00712. The maximum absolute atomic E-state index is 10.9. The quantitative estimate of drug-likeness (QED) is 0.626. The molecule has 0 amide bonds. The van der Waals surface area contributed by atoms with Crippen LogP contribution in [0, 0.1) is 13.8 Å². The summed E-state index contributed by atoms with van der Waals surface area (Å²) in [6.45, 7) is 6.22. The molecule has 0 aliphatic rings. The van der Waals surface area contributed by atoms with Crippen molar-refractivity contribution < 1.29 is 14.6 Å². The summed E-state index contributed by atoms with van der Waals surface area (Å²) in [4.78, 5) is 10.9. The van der Waals surface area contributed by atoms with Gasteiger partial charge in [0.15, 0.2) is 6.29 Å². The van der Waals surface area contributed by atoms with E-state index in [1.807, 2.05) is 6.92 Å². The topological polar surface area (TPSA) is 72.3 Å². The molecule has 0 spiro atoms. The number of aldehydes is 1. The number of hydrogen-bond donors (Lipinski definition) is 1. The van der Waals surface area contributed by atoms with Crippen LogP contribution in [0.3, 0.4) is 0 Å². The van der Waals surface area contributed by atoms with E-state index in [2.05, 4.69) is 17.1 Å². The molecule has 0 aliphatic carbocycles. The van der Waals surface area contributed by atoms with E-state index < -0.39 is 0 Å². The van der Waals surface area contributed by atoms with Gasteiger partial charge >= 0.3 is 0 Å². The number of hydrogen-bond acceptors (Lipinski definition) is 6.